The van der Waals surface area contributed by atoms with Crippen LogP contribution >= 0.6 is 0 Å². The van der Waals surface area contributed by atoms with Crippen molar-refractivity contribution in [3.63, 3.8) is 0 Å². The monoisotopic (exact) mass is 420 g/mol. The van der Waals surface area contributed by atoms with Crippen molar-refractivity contribution in [2.75, 3.05) is 18.0 Å². The van der Waals surface area contributed by atoms with Crippen molar-refractivity contribution in [1.29, 1.82) is 0 Å². The van der Waals surface area contributed by atoms with Crippen LogP contribution in [-0.4, -0.2) is 29.0 Å². The SMILES string of the molecule is CCCN(CC)c1ccc(-c2ccc(C3CCC(c4c(F)cccc4F)=N3)cc2)nn1. The Hall–Kier alpha value is -3.15. The number of aromatic nitrogens is 2. The zero-order valence-corrected chi connectivity index (χ0v) is 17.9. The number of hydrogen-bond donors (Lipinski definition) is 0. The summed E-state index contributed by atoms with van der Waals surface area (Å²) >= 11 is 0. The Morgan fingerprint density at radius 2 is 1.68 bits per heavy atom. The number of halogens is 2. The van der Waals surface area contributed by atoms with Crippen LogP contribution in [0.5, 0.6) is 0 Å². The van der Waals surface area contributed by atoms with Crippen LogP contribution in [-0.2, 0) is 0 Å². The van der Waals surface area contributed by atoms with Crippen molar-refractivity contribution in [3.8, 4) is 11.3 Å². The molecule has 160 valence electrons. The molecule has 31 heavy (non-hydrogen) atoms. The molecule has 0 fully saturated rings. The molecule has 0 saturated heterocycles. The second-order valence-corrected chi connectivity index (χ2v) is 7.71. The molecular formula is C25H26F2N4. The first kappa shape index (κ1) is 21.1. The number of aliphatic imine (C=N–C) groups is 1. The van der Waals surface area contributed by atoms with Gasteiger partial charge in [-0.3, -0.25) is 4.99 Å². The zero-order valence-electron chi connectivity index (χ0n) is 17.9. The van der Waals surface area contributed by atoms with E-state index in [1.54, 1.807) is 0 Å². The van der Waals surface area contributed by atoms with Crippen molar-refractivity contribution in [1.82, 2.24) is 10.2 Å². The minimum Gasteiger partial charge on any atom is -0.355 e. The van der Waals surface area contributed by atoms with Crippen LogP contribution in [0.2, 0.25) is 0 Å². The highest BCUT2D eigenvalue weighted by Gasteiger charge is 2.24. The smallest absolute Gasteiger partial charge is 0.151 e. The second-order valence-electron chi connectivity index (χ2n) is 7.71. The predicted molar refractivity (Wildman–Crippen MR) is 121 cm³/mol. The molecule has 0 N–H and O–H groups in total. The first-order chi connectivity index (χ1) is 15.1. The minimum atomic E-state index is -0.558. The molecule has 1 aromatic heterocycles. The molecule has 0 amide bonds. The van der Waals surface area contributed by atoms with E-state index in [1.807, 2.05) is 36.4 Å². The Morgan fingerprint density at radius 3 is 2.29 bits per heavy atom. The van der Waals surface area contributed by atoms with Crippen LogP contribution in [0.1, 0.15) is 50.3 Å². The Labute approximate surface area is 181 Å². The van der Waals surface area contributed by atoms with E-state index >= 15 is 0 Å². The van der Waals surface area contributed by atoms with Crippen LogP contribution in [0.3, 0.4) is 0 Å². The molecule has 1 aliphatic rings. The second kappa shape index (κ2) is 9.33. The molecule has 3 aromatic rings. The quantitative estimate of drug-likeness (QED) is 0.472. The van der Waals surface area contributed by atoms with Crippen molar-refractivity contribution in [2.45, 2.75) is 39.2 Å². The van der Waals surface area contributed by atoms with Gasteiger partial charge in [0.05, 0.1) is 17.3 Å². The van der Waals surface area contributed by atoms with Gasteiger partial charge in [0.1, 0.15) is 11.6 Å². The lowest BCUT2D eigenvalue weighted by atomic mass is 10.0. The van der Waals surface area contributed by atoms with Crippen LogP contribution in [0.4, 0.5) is 14.6 Å². The minimum absolute atomic E-state index is 0.00109. The summed E-state index contributed by atoms with van der Waals surface area (Å²) in [6.07, 6.45) is 2.36. The predicted octanol–water partition coefficient (Wildman–Crippen LogP) is 5.98. The van der Waals surface area contributed by atoms with Gasteiger partial charge in [-0.2, -0.15) is 0 Å². The van der Waals surface area contributed by atoms with Gasteiger partial charge in [-0.1, -0.05) is 37.3 Å². The molecular weight excluding hydrogens is 394 g/mol. The maximum absolute atomic E-state index is 14.1. The maximum Gasteiger partial charge on any atom is 0.151 e. The molecule has 0 radical (unpaired) electrons. The van der Waals surface area contributed by atoms with Crippen LogP contribution in [0.25, 0.3) is 11.3 Å². The van der Waals surface area contributed by atoms with E-state index in [4.69, 9.17) is 0 Å². The normalized spacial score (nSPS) is 15.7. The number of anilines is 1. The third-order valence-corrected chi connectivity index (χ3v) is 5.66. The molecule has 0 saturated carbocycles. The maximum atomic E-state index is 14.1. The van der Waals surface area contributed by atoms with Gasteiger partial charge in [-0.25, -0.2) is 8.78 Å². The molecule has 4 nitrogen and oxygen atoms in total. The van der Waals surface area contributed by atoms with Gasteiger partial charge in [-0.15, -0.1) is 10.2 Å². The first-order valence-electron chi connectivity index (χ1n) is 10.8. The largest absolute Gasteiger partial charge is 0.355 e. The van der Waals surface area contributed by atoms with E-state index < -0.39 is 11.6 Å². The molecule has 0 bridgehead atoms. The van der Waals surface area contributed by atoms with E-state index in [-0.39, 0.29) is 11.6 Å². The standard InChI is InChI=1S/C25H26F2N4/c1-3-16-31(4-2)24-15-14-22(29-30-24)18-10-8-17(9-11-18)21-12-13-23(28-21)25-19(26)6-5-7-20(25)27/h5-11,14-15,21H,3-4,12-13,16H2,1-2H3. The summed E-state index contributed by atoms with van der Waals surface area (Å²) in [5, 5.41) is 8.78. The molecule has 1 atom stereocenters. The molecule has 1 aliphatic heterocycles. The Balaban J connectivity index is 1.51. The summed E-state index contributed by atoms with van der Waals surface area (Å²) in [6.45, 7) is 6.12. The zero-order chi connectivity index (χ0) is 21.8. The van der Waals surface area contributed by atoms with E-state index in [9.17, 15) is 8.78 Å². The fourth-order valence-corrected chi connectivity index (χ4v) is 4.02. The summed E-state index contributed by atoms with van der Waals surface area (Å²) in [5.74, 6) is -0.229. The van der Waals surface area contributed by atoms with Crippen molar-refractivity contribution < 1.29 is 8.78 Å². The van der Waals surface area contributed by atoms with Crippen molar-refractivity contribution in [2.24, 2.45) is 4.99 Å². The van der Waals surface area contributed by atoms with Gasteiger partial charge in [0.15, 0.2) is 5.82 Å². The summed E-state index contributed by atoms with van der Waals surface area (Å²) in [6, 6.07) is 15.8. The van der Waals surface area contributed by atoms with Gasteiger partial charge < -0.3 is 4.90 Å². The number of benzene rings is 2. The van der Waals surface area contributed by atoms with Crippen molar-refractivity contribution >= 4 is 11.5 Å². The van der Waals surface area contributed by atoms with Crippen LogP contribution in [0, 0.1) is 11.6 Å². The summed E-state index contributed by atoms with van der Waals surface area (Å²) in [5.41, 5.74) is 3.32. The highest BCUT2D eigenvalue weighted by atomic mass is 19.1. The molecule has 2 aromatic carbocycles. The molecule has 4 rings (SSSR count). The number of nitrogens with zero attached hydrogens (tertiary/aromatic N) is 4. The molecule has 0 aliphatic carbocycles. The highest BCUT2D eigenvalue weighted by molar-refractivity contribution is 6.02. The Bertz CT molecular complexity index is 1040. The fraction of sp³-hybridized carbons (Fsp3) is 0.320. The lowest BCUT2D eigenvalue weighted by Gasteiger charge is -2.20. The Morgan fingerprint density at radius 1 is 0.935 bits per heavy atom. The third kappa shape index (κ3) is 4.48. The van der Waals surface area contributed by atoms with Crippen LogP contribution < -0.4 is 4.90 Å². The highest BCUT2D eigenvalue weighted by Crippen LogP contribution is 2.33. The number of hydrogen-bond acceptors (Lipinski definition) is 4. The van der Waals surface area contributed by atoms with E-state index in [2.05, 4.69) is 33.9 Å². The van der Waals surface area contributed by atoms with Gasteiger partial charge in [-0.05, 0) is 56.0 Å². The average molecular weight is 421 g/mol. The molecule has 1 unspecified atom stereocenters. The van der Waals surface area contributed by atoms with E-state index in [0.717, 1.165) is 48.6 Å². The molecule has 0 spiro atoms. The van der Waals surface area contributed by atoms with Gasteiger partial charge in [0.25, 0.3) is 0 Å². The van der Waals surface area contributed by atoms with E-state index in [1.165, 1.54) is 18.2 Å². The number of rotatable bonds is 7. The summed E-state index contributed by atoms with van der Waals surface area (Å²) in [4.78, 5) is 6.82. The van der Waals surface area contributed by atoms with E-state index in [0.29, 0.717) is 12.1 Å². The lowest BCUT2D eigenvalue weighted by molar-refractivity contribution is 0.578. The summed E-state index contributed by atoms with van der Waals surface area (Å²) < 4.78 is 28.2. The Kier molecular flexibility index (Phi) is 6.35. The first-order valence-corrected chi connectivity index (χ1v) is 10.8. The van der Waals surface area contributed by atoms with Crippen LogP contribution in [0.15, 0.2) is 59.6 Å². The van der Waals surface area contributed by atoms with Gasteiger partial charge in [0, 0.05) is 24.4 Å². The molecule has 2 heterocycles. The molecule has 6 heteroatoms. The van der Waals surface area contributed by atoms with Gasteiger partial charge >= 0.3 is 0 Å². The lowest BCUT2D eigenvalue weighted by Crippen LogP contribution is -2.24. The van der Waals surface area contributed by atoms with Crippen molar-refractivity contribution in [3.05, 3.63) is 77.4 Å². The average Bonchev–Trinajstić information content (AvgIpc) is 3.27. The third-order valence-electron chi connectivity index (χ3n) is 5.66. The fourth-order valence-electron chi connectivity index (χ4n) is 4.02. The van der Waals surface area contributed by atoms with Gasteiger partial charge in [0.2, 0.25) is 0 Å². The summed E-state index contributed by atoms with van der Waals surface area (Å²) in [7, 11) is 0. The topological polar surface area (TPSA) is 41.4 Å².